The van der Waals surface area contributed by atoms with E-state index in [1.165, 1.54) is 36.4 Å². The number of piperidine rings is 1. The minimum Gasteiger partial charge on any atom is -0.406 e. The fourth-order valence-corrected chi connectivity index (χ4v) is 5.04. The Morgan fingerprint density at radius 2 is 1.43 bits per heavy atom. The molecule has 1 aliphatic heterocycles. The number of alkyl halides is 6. The number of nitrogens with one attached hydrogen (secondary N) is 2. The fourth-order valence-electron chi connectivity index (χ4n) is 5.04. The molecule has 1 heterocycles. The van der Waals surface area contributed by atoms with Crippen LogP contribution in [-0.2, 0) is 15.7 Å². The summed E-state index contributed by atoms with van der Waals surface area (Å²) in [5.74, 6) is -0.390. The number of halogens is 6. The van der Waals surface area contributed by atoms with Gasteiger partial charge >= 0.3 is 12.5 Å². The summed E-state index contributed by atoms with van der Waals surface area (Å²) in [7, 11) is 0. The van der Waals surface area contributed by atoms with Crippen LogP contribution in [0, 0.1) is 0 Å². The van der Waals surface area contributed by atoms with Gasteiger partial charge in [-0.3, -0.25) is 4.79 Å². The summed E-state index contributed by atoms with van der Waals surface area (Å²) in [4.78, 5) is 14.4. The van der Waals surface area contributed by atoms with Gasteiger partial charge in [-0.1, -0.05) is 0 Å². The van der Waals surface area contributed by atoms with Gasteiger partial charge in [0, 0.05) is 42.2 Å². The first-order valence-corrected chi connectivity index (χ1v) is 13.1. The third kappa shape index (κ3) is 8.57. The Bertz CT molecular complexity index is 1130. The Morgan fingerprint density at radius 3 is 2.02 bits per heavy atom. The maximum atomic E-state index is 13.1. The van der Waals surface area contributed by atoms with Gasteiger partial charge in [-0.15, -0.1) is 13.2 Å². The van der Waals surface area contributed by atoms with E-state index >= 15 is 0 Å². The Morgan fingerprint density at radius 1 is 0.850 bits per heavy atom. The normalized spacial score (nSPS) is 20.7. The smallest absolute Gasteiger partial charge is 0.406 e. The van der Waals surface area contributed by atoms with E-state index in [0.29, 0.717) is 63.0 Å². The third-order valence-electron chi connectivity index (χ3n) is 7.15. The average molecular weight is 575 g/mol. The second-order valence-electron chi connectivity index (χ2n) is 10.1. The van der Waals surface area contributed by atoms with E-state index < -0.39 is 18.1 Å². The van der Waals surface area contributed by atoms with E-state index in [9.17, 15) is 31.1 Å². The first-order valence-electron chi connectivity index (χ1n) is 13.1. The molecular weight excluding hydrogens is 542 g/mol. The van der Waals surface area contributed by atoms with Crippen molar-refractivity contribution in [2.24, 2.45) is 0 Å². The molecule has 13 heteroatoms. The SMILES string of the molecule is Nc1ccc(NC2CCC(OCC(=O)N3CCC(Nc4ccc(OC(F)(F)F)cc4)CC3)CC2)cc1C(F)(F)F. The predicted molar refractivity (Wildman–Crippen MR) is 138 cm³/mol. The molecule has 4 rings (SSSR count). The number of carbonyl (C=O) groups excluding carboxylic acids is 1. The third-order valence-corrected chi connectivity index (χ3v) is 7.15. The second kappa shape index (κ2) is 12.4. The zero-order chi connectivity index (χ0) is 28.9. The molecule has 0 unspecified atom stereocenters. The number of ether oxygens (including phenoxy) is 2. The van der Waals surface area contributed by atoms with Crippen molar-refractivity contribution in [1.29, 1.82) is 0 Å². The number of anilines is 3. The molecule has 0 spiro atoms. The fraction of sp³-hybridized carbons (Fsp3) is 0.519. The molecule has 1 saturated carbocycles. The second-order valence-corrected chi connectivity index (χ2v) is 10.1. The molecular formula is C27H32F6N4O3. The van der Waals surface area contributed by atoms with Crippen LogP contribution in [0.2, 0.25) is 0 Å². The van der Waals surface area contributed by atoms with Crippen molar-refractivity contribution < 1.29 is 40.6 Å². The summed E-state index contributed by atoms with van der Waals surface area (Å²) >= 11 is 0. The molecule has 2 fully saturated rings. The molecule has 2 aromatic rings. The Hall–Kier alpha value is -3.35. The zero-order valence-corrected chi connectivity index (χ0v) is 21.7. The number of nitrogens with two attached hydrogens (primary N) is 1. The van der Waals surface area contributed by atoms with E-state index in [-0.39, 0.29) is 42.1 Å². The molecule has 0 bridgehead atoms. The molecule has 1 aliphatic carbocycles. The van der Waals surface area contributed by atoms with Gasteiger partial charge < -0.3 is 30.7 Å². The number of hydrogen-bond acceptors (Lipinski definition) is 6. The van der Waals surface area contributed by atoms with E-state index in [0.717, 1.165) is 6.07 Å². The van der Waals surface area contributed by atoms with E-state index in [2.05, 4.69) is 15.4 Å². The van der Waals surface area contributed by atoms with E-state index in [1.54, 1.807) is 4.90 Å². The van der Waals surface area contributed by atoms with Gasteiger partial charge in [0.15, 0.2) is 0 Å². The Balaban J connectivity index is 1.14. The number of likely N-dealkylation sites (tertiary alicyclic amines) is 1. The lowest BCUT2D eigenvalue weighted by molar-refractivity contribution is -0.274. The van der Waals surface area contributed by atoms with Gasteiger partial charge in [0.25, 0.3) is 0 Å². The van der Waals surface area contributed by atoms with Crippen molar-refractivity contribution in [2.75, 3.05) is 36.1 Å². The molecule has 2 aromatic carbocycles. The number of hydrogen-bond donors (Lipinski definition) is 3. The van der Waals surface area contributed by atoms with Gasteiger partial charge in [0.1, 0.15) is 12.4 Å². The number of nitrogens with zero attached hydrogens (tertiary/aromatic N) is 1. The van der Waals surface area contributed by atoms with Crippen LogP contribution < -0.4 is 21.1 Å². The van der Waals surface area contributed by atoms with Crippen molar-refractivity contribution in [3.63, 3.8) is 0 Å². The van der Waals surface area contributed by atoms with Crippen LogP contribution in [-0.4, -0.2) is 55.1 Å². The topological polar surface area (TPSA) is 88.8 Å². The average Bonchev–Trinajstić information content (AvgIpc) is 2.89. The van der Waals surface area contributed by atoms with Gasteiger partial charge in [-0.25, -0.2) is 0 Å². The lowest BCUT2D eigenvalue weighted by Gasteiger charge is -2.34. The zero-order valence-electron chi connectivity index (χ0n) is 21.7. The summed E-state index contributed by atoms with van der Waals surface area (Å²) in [5, 5.41) is 6.42. The molecule has 0 radical (unpaired) electrons. The summed E-state index contributed by atoms with van der Waals surface area (Å²) in [5.41, 5.74) is 5.33. The maximum Gasteiger partial charge on any atom is 0.573 e. The van der Waals surface area contributed by atoms with Crippen LogP contribution in [0.3, 0.4) is 0 Å². The highest BCUT2D eigenvalue weighted by atomic mass is 19.4. The minimum atomic E-state index is -4.74. The predicted octanol–water partition coefficient (Wildman–Crippen LogP) is 6.03. The van der Waals surface area contributed by atoms with Crippen LogP contribution in [0.25, 0.3) is 0 Å². The molecule has 0 atom stereocenters. The molecule has 220 valence electrons. The Kier molecular flexibility index (Phi) is 9.22. The van der Waals surface area contributed by atoms with Crippen molar-refractivity contribution in [1.82, 2.24) is 4.90 Å². The number of amides is 1. The molecule has 7 nitrogen and oxygen atoms in total. The van der Waals surface area contributed by atoms with E-state index in [4.69, 9.17) is 10.5 Å². The van der Waals surface area contributed by atoms with Crippen molar-refractivity contribution in [3.8, 4) is 5.75 Å². The van der Waals surface area contributed by atoms with Gasteiger partial charge in [0.2, 0.25) is 5.91 Å². The van der Waals surface area contributed by atoms with Crippen LogP contribution in [0.4, 0.5) is 43.4 Å². The largest absolute Gasteiger partial charge is 0.573 e. The van der Waals surface area contributed by atoms with Crippen LogP contribution in [0.5, 0.6) is 5.75 Å². The highest BCUT2D eigenvalue weighted by Gasteiger charge is 2.34. The van der Waals surface area contributed by atoms with E-state index in [1.807, 2.05) is 0 Å². The van der Waals surface area contributed by atoms with Gasteiger partial charge in [0.05, 0.1) is 11.7 Å². The standard InChI is InChI=1S/C27H32F6N4O3/c28-26(29,30)23-15-20(5-10-24(23)34)36-18-1-6-21(7-2-18)39-16-25(38)37-13-11-19(12-14-37)35-17-3-8-22(9-4-17)40-27(31,32)33/h3-5,8-10,15,18-19,21,35-36H,1-2,6-7,11-14,16,34H2. The first-order chi connectivity index (χ1) is 18.9. The van der Waals surface area contributed by atoms with Gasteiger partial charge in [-0.2, -0.15) is 13.2 Å². The first kappa shape index (κ1) is 29.6. The van der Waals surface area contributed by atoms with Crippen LogP contribution >= 0.6 is 0 Å². The minimum absolute atomic E-state index is 0.000144. The van der Waals surface area contributed by atoms with Crippen LogP contribution in [0.15, 0.2) is 42.5 Å². The number of nitrogen functional groups attached to an aromatic ring is 1. The quantitative estimate of drug-likeness (QED) is 0.264. The molecule has 2 aliphatic rings. The Labute approximate surface area is 228 Å². The van der Waals surface area contributed by atoms with Crippen molar-refractivity contribution in [3.05, 3.63) is 48.0 Å². The molecule has 40 heavy (non-hydrogen) atoms. The van der Waals surface area contributed by atoms with Crippen molar-refractivity contribution >= 4 is 23.0 Å². The monoisotopic (exact) mass is 574 g/mol. The highest BCUT2D eigenvalue weighted by Crippen LogP contribution is 2.36. The summed E-state index contributed by atoms with van der Waals surface area (Å²) in [6, 6.07) is 9.42. The molecule has 0 aromatic heterocycles. The number of benzene rings is 2. The molecule has 4 N–H and O–H groups in total. The molecule has 1 amide bonds. The lowest BCUT2D eigenvalue weighted by atomic mass is 9.92. The van der Waals surface area contributed by atoms with Crippen molar-refractivity contribution in [2.45, 2.75) is 69.3 Å². The molecule has 1 saturated heterocycles. The summed E-state index contributed by atoms with van der Waals surface area (Å²) < 4.78 is 86.0. The lowest BCUT2D eigenvalue weighted by Crippen LogP contribution is -2.44. The van der Waals surface area contributed by atoms with Crippen LogP contribution in [0.1, 0.15) is 44.1 Å². The van der Waals surface area contributed by atoms with Gasteiger partial charge in [-0.05, 0) is 81.0 Å². The summed E-state index contributed by atoms with van der Waals surface area (Å²) in [6.07, 6.45) is -5.21. The maximum absolute atomic E-state index is 13.1. The highest BCUT2D eigenvalue weighted by molar-refractivity contribution is 5.77. The summed E-state index contributed by atoms with van der Waals surface area (Å²) in [6.45, 7) is 1.04. The number of carbonyl (C=O) groups is 1. The number of rotatable bonds is 8.